The van der Waals surface area contributed by atoms with Crippen LogP contribution in [0.25, 0.3) is 0 Å². The Hall–Kier alpha value is -1.66. The van der Waals surface area contributed by atoms with E-state index < -0.39 is 0 Å². The van der Waals surface area contributed by atoms with E-state index in [1.165, 1.54) is 0 Å². The quantitative estimate of drug-likeness (QED) is 0.948. The molecule has 1 N–H and O–H groups in total. The molecule has 0 saturated carbocycles. The molecule has 1 saturated heterocycles. The number of thiophene rings is 1. The highest BCUT2D eigenvalue weighted by Crippen LogP contribution is 2.37. The van der Waals surface area contributed by atoms with Crippen LogP contribution in [0.4, 0.5) is 5.69 Å². The molecule has 0 bridgehead atoms. The average Bonchev–Trinajstić information content (AvgIpc) is 3.14. The third-order valence-corrected chi connectivity index (χ3v) is 4.98. The van der Waals surface area contributed by atoms with E-state index in [9.17, 15) is 4.79 Å². The van der Waals surface area contributed by atoms with E-state index in [1.54, 1.807) is 17.5 Å². The molecule has 3 heterocycles. The van der Waals surface area contributed by atoms with Gasteiger partial charge in [-0.2, -0.15) is 5.10 Å². The molecule has 0 radical (unpaired) electrons. The molecule has 2 aromatic heterocycles. The SMILES string of the molecule is Cc1cscc1NC(=O)[C@H]1CCO[C@@H]1c1cnn(C)c1C. The third-order valence-electron chi connectivity index (χ3n) is 4.12. The smallest absolute Gasteiger partial charge is 0.230 e. The second-order valence-corrected chi connectivity index (χ2v) is 6.20. The maximum atomic E-state index is 12.6. The summed E-state index contributed by atoms with van der Waals surface area (Å²) in [6.45, 7) is 4.61. The summed E-state index contributed by atoms with van der Waals surface area (Å²) in [5.74, 6) is -0.130. The van der Waals surface area contributed by atoms with Crippen molar-refractivity contribution >= 4 is 22.9 Å². The van der Waals surface area contributed by atoms with Crippen molar-refractivity contribution in [3.05, 3.63) is 33.8 Å². The van der Waals surface area contributed by atoms with Crippen LogP contribution in [0.2, 0.25) is 0 Å². The van der Waals surface area contributed by atoms with E-state index in [2.05, 4.69) is 10.4 Å². The number of nitrogens with zero attached hydrogens (tertiary/aromatic N) is 2. The van der Waals surface area contributed by atoms with E-state index in [1.807, 2.05) is 36.3 Å². The largest absolute Gasteiger partial charge is 0.373 e. The summed E-state index contributed by atoms with van der Waals surface area (Å²) in [4.78, 5) is 12.6. The van der Waals surface area contributed by atoms with Gasteiger partial charge in [-0.25, -0.2) is 0 Å². The minimum Gasteiger partial charge on any atom is -0.373 e. The molecule has 2 aromatic rings. The van der Waals surface area contributed by atoms with Crippen LogP contribution in [-0.2, 0) is 16.6 Å². The van der Waals surface area contributed by atoms with Crippen LogP contribution in [0.1, 0.15) is 29.3 Å². The zero-order valence-corrected chi connectivity index (χ0v) is 13.2. The van der Waals surface area contributed by atoms with Gasteiger partial charge < -0.3 is 10.1 Å². The first-order valence-electron chi connectivity index (χ1n) is 7.01. The van der Waals surface area contributed by atoms with Crippen molar-refractivity contribution in [2.24, 2.45) is 13.0 Å². The Kier molecular flexibility index (Phi) is 3.82. The predicted molar refractivity (Wildman–Crippen MR) is 82.4 cm³/mol. The van der Waals surface area contributed by atoms with Crippen LogP contribution in [0.3, 0.4) is 0 Å². The van der Waals surface area contributed by atoms with Crippen molar-refractivity contribution in [2.75, 3.05) is 11.9 Å². The summed E-state index contributed by atoms with van der Waals surface area (Å²) in [5, 5.41) is 11.3. The second-order valence-electron chi connectivity index (χ2n) is 5.45. The number of rotatable bonds is 3. The minimum absolute atomic E-state index is 0.0299. The van der Waals surface area contributed by atoms with E-state index in [0.29, 0.717) is 6.61 Å². The Labute approximate surface area is 127 Å². The highest BCUT2D eigenvalue weighted by atomic mass is 32.1. The predicted octanol–water partition coefficient (Wildman–Crippen LogP) is 2.81. The molecule has 21 heavy (non-hydrogen) atoms. The summed E-state index contributed by atoms with van der Waals surface area (Å²) in [6.07, 6.45) is 2.35. The van der Waals surface area contributed by atoms with Gasteiger partial charge >= 0.3 is 0 Å². The van der Waals surface area contributed by atoms with Crippen molar-refractivity contribution in [3.63, 3.8) is 0 Å². The van der Waals surface area contributed by atoms with E-state index in [-0.39, 0.29) is 17.9 Å². The van der Waals surface area contributed by atoms with Crippen LogP contribution in [-0.4, -0.2) is 22.3 Å². The average molecular weight is 305 g/mol. The fraction of sp³-hybridized carbons (Fsp3) is 0.467. The molecule has 6 heteroatoms. The van der Waals surface area contributed by atoms with Crippen LogP contribution in [0.5, 0.6) is 0 Å². The lowest BCUT2D eigenvalue weighted by Crippen LogP contribution is -2.25. The number of anilines is 1. The molecule has 0 aromatic carbocycles. The maximum Gasteiger partial charge on any atom is 0.230 e. The fourth-order valence-corrected chi connectivity index (χ4v) is 3.45. The molecular weight excluding hydrogens is 286 g/mol. The molecule has 3 rings (SSSR count). The van der Waals surface area contributed by atoms with Crippen LogP contribution in [0.15, 0.2) is 17.0 Å². The molecule has 0 aliphatic carbocycles. The lowest BCUT2D eigenvalue weighted by Gasteiger charge is -2.18. The molecule has 1 aliphatic heterocycles. The summed E-state index contributed by atoms with van der Waals surface area (Å²) >= 11 is 1.59. The molecule has 1 aliphatic rings. The molecular formula is C15H19N3O2S. The Bertz CT molecular complexity index is 662. The number of nitrogens with one attached hydrogen (secondary N) is 1. The van der Waals surface area contributed by atoms with Gasteiger partial charge in [0.1, 0.15) is 0 Å². The number of amides is 1. The van der Waals surface area contributed by atoms with Crippen molar-refractivity contribution < 1.29 is 9.53 Å². The lowest BCUT2D eigenvalue weighted by molar-refractivity contribution is -0.121. The zero-order chi connectivity index (χ0) is 15.0. The van der Waals surface area contributed by atoms with Gasteiger partial charge in [0.15, 0.2) is 0 Å². The molecule has 2 atom stereocenters. The van der Waals surface area contributed by atoms with E-state index >= 15 is 0 Å². The first-order chi connectivity index (χ1) is 10.1. The summed E-state index contributed by atoms with van der Waals surface area (Å²) in [5.41, 5.74) is 4.06. The number of carbonyl (C=O) groups is 1. The second kappa shape index (κ2) is 5.61. The molecule has 112 valence electrons. The number of carbonyl (C=O) groups excluding carboxylic acids is 1. The number of hydrogen-bond donors (Lipinski definition) is 1. The third kappa shape index (κ3) is 2.61. The Balaban J connectivity index is 1.79. The highest BCUT2D eigenvalue weighted by Gasteiger charge is 2.37. The summed E-state index contributed by atoms with van der Waals surface area (Å²) < 4.78 is 7.62. The minimum atomic E-state index is -0.197. The molecule has 0 spiro atoms. The normalized spacial score (nSPS) is 21.7. The first-order valence-corrected chi connectivity index (χ1v) is 7.96. The maximum absolute atomic E-state index is 12.6. The number of aryl methyl sites for hydroxylation is 2. The van der Waals surface area contributed by atoms with Gasteiger partial charge in [-0.3, -0.25) is 9.48 Å². The van der Waals surface area contributed by atoms with Crippen molar-refractivity contribution in [1.82, 2.24) is 9.78 Å². The van der Waals surface area contributed by atoms with E-state index in [0.717, 1.165) is 28.9 Å². The molecule has 0 unspecified atom stereocenters. The first kappa shape index (κ1) is 14.3. The fourth-order valence-electron chi connectivity index (χ4n) is 2.67. The zero-order valence-electron chi connectivity index (χ0n) is 12.4. The molecule has 1 fully saturated rings. The molecule has 1 amide bonds. The van der Waals surface area contributed by atoms with Crippen LogP contribution < -0.4 is 5.32 Å². The van der Waals surface area contributed by atoms with Crippen molar-refractivity contribution in [2.45, 2.75) is 26.4 Å². The lowest BCUT2D eigenvalue weighted by atomic mass is 9.95. The number of hydrogen-bond acceptors (Lipinski definition) is 4. The van der Waals surface area contributed by atoms with Gasteiger partial charge in [-0.15, -0.1) is 11.3 Å². The van der Waals surface area contributed by atoms with Crippen LogP contribution in [0, 0.1) is 19.8 Å². The monoisotopic (exact) mass is 305 g/mol. The highest BCUT2D eigenvalue weighted by molar-refractivity contribution is 7.08. The number of aromatic nitrogens is 2. The molecule has 5 nitrogen and oxygen atoms in total. The van der Waals surface area contributed by atoms with Gasteiger partial charge in [0.25, 0.3) is 0 Å². The summed E-state index contributed by atoms with van der Waals surface area (Å²) in [6, 6.07) is 0. The van der Waals surface area contributed by atoms with Gasteiger partial charge in [-0.1, -0.05) is 0 Å². The Morgan fingerprint density at radius 3 is 2.90 bits per heavy atom. The van der Waals surface area contributed by atoms with Gasteiger partial charge in [-0.05, 0) is 31.2 Å². The number of ether oxygens (including phenoxy) is 1. The van der Waals surface area contributed by atoms with Gasteiger partial charge in [0.05, 0.1) is 23.9 Å². The van der Waals surface area contributed by atoms with Crippen molar-refractivity contribution in [3.8, 4) is 0 Å². The van der Waals surface area contributed by atoms with Crippen LogP contribution >= 0.6 is 11.3 Å². The topological polar surface area (TPSA) is 56.1 Å². The van der Waals surface area contributed by atoms with Gasteiger partial charge in [0, 0.05) is 30.3 Å². The van der Waals surface area contributed by atoms with E-state index in [4.69, 9.17) is 4.74 Å². The Morgan fingerprint density at radius 2 is 2.29 bits per heavy atom. The van der Waals surface area contributed by atoms with Gasteiger partial charge in [0.2, 0.25) is 5.91 Å². The summed E-state index contributed by atoms with van der Waals surface area (Å²) in [7, 11) is 1.90. The van der Waals surface area contributed by atoms with Crippen molar-refractivity contribution in [1.29, 1.82) is 0 Å². The Morgan fingerprint density at radius 1 is 1.48 bits per heavy atom. The standard InChI is InChI=1S/C15H19N3O2S/c1-9-7-21-8-13(9)17-15(19)11-4-5-20-14(11)12-6-16-18(3)10(12)2/h6-8,11,14H,4-5H2,1-3H3,(H,17,19)/t11-,14-/m0/s1.